The zero-order valence-electron chi connectivity index (χ0n) is 12.3. The smallest absolute Gasteiger partial charge is 0.211 e. The summed E-state index contributed by atoms with van der Waals surface area (Å²) in [6.45, 7) is 2.17. The minimum Gasteiger partial charge on any atom is -0.461 e. The van der Waals surface area contributed by atoms with Crippen LogP contribution < -0.4 is 4.72 Å². The Morgan fingerprint density at radius 2 is 2.05 bits per heavy atom. The molecule has 1 aliphatic carbocycles. The first kappa shape index (κ1) is 14.6. The van der Waals surface area contributed by atoms with Crippen molar-refractivity contribution in [2.24, 2.45) is 5.92 Å². The zero-order chi connectivity index (χ0) is 14.9. The van der Waals surface area contributed by atoms with E-state index in [1.54, 1.807) is 0 Å². The second-order valence-corrected chi connectivity index (χ2v) is 7.78. The molecule has 0 saturated heterocycles. The van der Waals surface area contributed by atoms with Crippen LogP contribution in [0.4, 0.5) is 0 Å². The number of hydrogen-bond donors (Lipinski definition) is 1. The Balaban J connectivity index is 1.66. The number of nitrogens with one attached hydrogen (secondary N) is 1. The third-order valence-corrected chi connectivity index (χ3v) is 5.75. The Bertz CT molecular complexity index is 729. The van der Waals surface area contributed by atoms with Gasteiger partial charge in [-0.05, 0) is 25.3 Å². The van der Waals surface area contributed by atoms with E-state index in [1.807, 2.05) is 31.2 Å². The predicted octanol–water partition coefficient (Wildman–Crippen LogP) is 3.35. The fourth-order valence-electron chi connectivity index (χ4n) is 2.80. The second kappa shape index (κ2) is 5.81. The van der Waals surface area contributed by atoms with E-state index in [4.69, 9.17) is 4.42 Å². The normalized spacial score (nSPS) is 16.2. The molecular formula is C16H21NO3S. The summed E-state index contributed by atoms with van der Waals surface area (Å²) in [6, 6.07) is 7.71. The largest absolute Gasteiger partial charge is 0.461 e. The summed E-state index contributed by atoms with van der Waals surface area (Å²) in [6.07, 6.45) is 4.39. The van der Waals surface area contributed by atoms with Gasteiger partial charge >= 0.3 is 0 Å². The van der Waals surface area contributed by atoms with Gasteiger partial charge in [0.15, 0.2) is 0 Å². The highest BCUT2D eigenvalue weighted by molar-refractivity contribution is 7.89. The molecule has 1 heterocycles. The molecule has 3 rings (SSSR count). The van der Waals surface area contributed by atoms with Crippen molar-refractivity contribution in [3.05, 3.63) is 35.6 Å². The van der Waals surface area contributed by atoms with Crippen molar-refractivity contribution >= 4 is 21.0 Å². The summed E-state index contributed by atoms with van der Waals surface area (Å²) in [4.78, 5) is 0. The van der Waals surface area contributed by atoms with Crippen molar-refractivity contribution in [1.29, 1.82) is 0 Å². The van der Waals surface area contributed by atoms with Crippen molar-refractivity contribution in [2.75, 3.05) is 5.75 Å². The lowest BCUT2D eigenvalue weighted by Crippen LogP contribution is -2.28. The monoisotopic (exact) mass is 307 g/mol. The van der Waals surface area contributed by atoms with Crippen LogP contribution in [-0.2, 0) is 16.6 Å². The zero-order valence-corrected chi connectivity index (χ0v) is 13.1. The van der Waals surface area contributed by atoms with E-state index < -0.39 is 10.0 Å². The molecule has 1 N–H and O–H groups in total. The minimum atomic E-state index is -3.21. The number of hydrogen-bond acceptors (Lipinski definition) is 3. The highest BCUT2D eigenvalue weighted by atomic mass is 32.2. The van der Waals surface area contributed by atoms with Crippen molar-refractivity contribution in [2.45, 2.75) is 39.2 Å². The van der Waals surface area contributed by atoms with Gasteiger partial charge in [0.25, 0.3) is 0 Å². The van der Waals surface area contributed by atoms with Crippen LogP contribution in [-0.4, -0.2) is 14.2 Å². The van der Waals surface area contributed by atoms with Crippen LogP contribution in [0.3, 0.4) is 0 Å². The second-order valence-electron chi connectivity index (χ2n) is 5.86. The Morgan fingerprint density at radius 3 is 2.76 bits per heavy atom. The van der Waals surface area contributed by atoms with Crippen molar-refractivity contribution in [3.8, 4) is 0 Å². The van der Waals surface area contributed by atoms with E-state index >= 15 is 0 Å². The molecule has 1 fully saturated rings. The third kappa shape index (κ3) is 3.30. The molecule has 0 aliphatic heterocycles. The summed E-state index contributed by atoms with van der Waals surface area (Å²) in [5, 5.41) is 0.983. The van der Waals surface area contributed by atoms with Crippen LogP contribution in [0, 0.1) is 12.8 Å². The van der Waals surface area contributed by atoms with Crippen molar-refractivity contribution in [1.82, 2.24) is 4.72 Å². The number of sulfonamides is 1. The molecule has 5 heteroatoms. The lowest BCUT2D eigenvalue weighted by Gasteiger charge is -2.24. The van der Waals surface area contributed by atoms with Crippen LogP contribution in [0.1, 0.15) is 37.0 Å². The standard InChI is InChI=1S/C16H21NO3S/c1-12-15(14-7-2-3-8-16(14)20-12)11-17-21(18,19)10-9-13-5-4-6-13/h2-3,7-8,13,17H,4-6,9-11H2,1H3. The average Bonchev–Trinajstić information content (AvgIpc) is 2.70. The lowest BCUT2D eigenvalue weighted by atomic mass is 9.84. The van der Waals surface area contributed by atoms with Gasteiger partial charge in [-0.2, -0.15) is 0 Å². The molecule has 114 valence electrons. The Kier molecular flexibility index (Phi) is 4.04. The molecule has 1 aliphatic rings. The van der Waals surface area contributed by atoms with E-state index in [9.17, 15) is 8.42 Å². The fraction of sp³-hybridized carbons (Fsp3) is 0.500. The molecule has 4 nitrogen and oxygen atoms in total. The van der Waals surface area contributed by atoms with Gasteiger partial charge in [0.2, 0.25) is 10.0 Å². The van der Waals surface area contributed by atoms with Crippen LogP contribution in [0.5, 0.6) is 0 Å². The van der Waals surface area contributed by atoms with Crippen LogP contribution in [0.2, 0.25) is 0 Å². The molecule has 0 atom stereocenters. The highest BCUT2D eigenvalue weighted by Gasteiger charge is 2.21. The number of aryl methyl sites for hydroxylation is 1. The molecular weight excluding hydrogens is 286 g/mol. The first-order valence-corrected chi connectivity index (χ1v) is 9.15. The molecule has 0 radical (unpaired) electrons. The average molecular weight is 307 g/mol. The first-order chi connectivity index (χ1) is 10.1. The van der Waals surface area contributed by atoms with Crippen molar-refractivity contribution < 1.29 is 12.8 Å². The fourth-order valence-corrected chi connectivity index (χ4v) is 3.95. The van der Waals surface area contributed by atoms with Gasteiger partial charge in [-0.25, -0.2) is 13.1 Å². The topological polar surface area (TPSA) is 59.3 Å². The quantitative estimate of drug-likeness (QED) is 0.890. The van der Waals surface area contributed by atoms with Crippen LogP contribution in [0.15, 0.2) is 28.7 Å². The van der Waals surface area contributed by atoms with Gasteiger partial charge in [-0.15, -0.1) is 0 Å². The van der Waals surface area contributed by atoms with Crippen molar-refractivity contribution in [3.63, 3.8) is 0 Å². The molecule has 2 aromatic rings. The first-order valence-electron chi connectivity index (χ1n) is 7.49. The van der Waals surface area contributed by atoms with Gasteiger partial charge in [0, 0.05) is 17.5 Å². The molecule has 21 heavy (non-hydrogen) atoms. The van der Waals surface area contributed by atoms with E-state index in [1.165, 1.54) is 19.3 Å². The molecule has 0 bridgehead atoms. The molecule has 0 unspecified atom stereocenters. The number of furan rings is 1. The van der Waals surface area contributed by atoms with Crippen LogP contribution >= 0.6 is 0 Å². The summed E-state index contributed by atoms with van der Waals surface area (Å²) in [5.41, 5.74) is 1.73. The van der Waals surface area contributed by atoms with E-state index in [0.29, 0.717) is 12.5 Å². The number of benzene rings is 1. The summed E-state index contributed by atoms with van der Waals surface area (Å²) in [5.74, 6) is 1.61. The maximum absolute atomic E-state index is 12.1. The van der Waals surface area contributed by atoms with E-state index in [2.05, 4.69) is 4.72 Å². The molecule has 1 saturated carbocycles. The maximum Gasteiger partial charge on any atom is 0.211 e. The van der Waals surface area contributed by atoms with Gasteiger partial charge in [-0.3, -0.25) is 0 Å². The van der Waals surface area contributed by atoms with Gasteiger partial charge in [0.05, 0.1) is 5.75 Å². The lowest BCUT2D eigenvalue weighted by molar-refractivity contribution is 0.307. The number of fused-ring (bicyclic) bond motifs is 1. The summed E-state index contributed by atoms with van der Waals surface area (Å²) in [7, 11) is -3.21. The predicted molar refractivity (Wildman–Crippen MR) is 83.5 cm³/mol. The van der Waals surface area contributed by atoms with Gasteiger partial charge in [0.1, 0.15) is 11.3 Å². The summed E-state index contributed by atoms with van der Waals surface area (Å²) >= 11 is 0. The third-order valence-electron chi connectivity index (χ3n) is 4.39. The number of rotatable bonds is 6. The molecule has 0 spiro atoms. The Hall–Kier alpha value is -1.33. The molecule has 1 aromatic carbocycles. The maximum atomic E-state index is 12.1. The molecule has 0 amide bonds. The highest BCUT2D eigenvalue weighted by Crippen LogP contribution is 2.29. The minimum absolute atomic E-state index is 0.229. The van der Waals surface area contributed by atoms with Gasteiger partial charge in [-0.1, -0.05) is 37.5 Å². The van der Waals surface area contributed by atoms with E-state index in [0.717, 1.165) is 28.7 Å². The van der Waals surface area contributed by atoms with E-state index in [-0.39, 0.29) is 5.75 Å². The SMILES string of the molecule is Cc1oc2ccccc2c1CNS(=O)(=O)CCC1CCC1. The Morgan fingerprint density at radius 1 is 1.29 bits per heavy atom. The molecule has 1 aromatic heterocycles. The summed E-state index contributed by atoms with van der Waals surface area (Å²) < 4.78 is 32.5. The Labute approximate surface area is 125 Å². The van der Waals surface area contributed by atoms with Crippen LogP contribution in [0.25, 0.3) is 11.0 Å². The number of para-hydroxylation sites is 1. The van der Waals surface area contributed by atoms with Gasteiger partial charge < -0.3 is 4.42 Å².